The summed E-state index contributed by atoms with van der Waals surface area (Å²) in [5, 5.41) is 12.7. The number of aliphatic hydroxyl groups is 1. The van der Waals surface area contributed by atoms with Crippen molar-refractivity contribution < 1.29 is 9.50 Å². The number of nitrogens with one attached hydrogen (secondary N) is 1. The Hall–Kier alpha value is -1.71. The van der Waals surface area contributed by atoms with Gasteiger partial charge in [-0.2, -0.15) is 0 Å². The van der Waals surface area contributed by atoms with Crippen molar-refractivity contribution >= 4 is 0 Å². The summed E-state index contributed by atoms with van der Waals surface area (Å²) in [4.78, 5) is 0. The first-order valence-electron chi connectivity index (χ1n) is 7.38. The quantitative estimate of drug-likeness (QED) is 0.902. The van der Waals surface area contributed by atoms with E-state index >= 15 is 0 Å². The van der Waals surface area contributed by atoms with Crippen LogP contribution in [0.15, 0.2) is 36.4 Å². The molecule has 1 aliphatic rings. The molecule has 0 radical (unpaired) electrons. The van der Waals surface area contributed by atoms with Gasteiger partial charge >= 0.3 is 0 Å². The van der Waals surface area contributed by atoms with E-state index in [0.717, 1.165) is 18.4 Å². The highest BCUT2D eigenvalue weighted by Gasteiger charge is 2.21. The van der Waals surface area contributed by atoms with Gasteiger partial charge in [0, 0.05) is 18.2 Å². The first kappa shape index (κ1) is 14.2. The van der Waals surface area contributed by atoms with E-state index in [-0.39, 0.29) is 12.4 Å². The molecular weight excluding hydrogens is 265 g/mol. The van der Waals surface area contributed by atoms with E-state index < -0.39 is 0 Å². The Morgan fingerprint density at radius 3 is 2.90 bits per heavy atom. The van der Waals surface area contributed by atoms with Crippen LogP contribution in [-0.4, -0.2) is 5.11 Å². The zero-order valence-electron chi connectivity index (χ0n) is 12.2. The van der Waals surface area contributed by atoms with Gasteiger partial charge in [-0.15, -0.1) is 0 Å². The fraction of sp³-hybridized carbons (Fsp3) is 0.333. The van der Waals surface area contributed by atoms with Crippen LogP contribution < -0.4 is 5.32 Å². The number of aliphatic hydroxyl groups excluding tert-OH is 1. The first-order valence-corrected chi connectivity index (χ1v) is 7.38. The molecule has 0 spiro atoms. The molecule has 3 heteroatoms. The maximum absolute atomic E-state index is 13.4. The summed E-state index contributed by atoms with van der Waals surface area (Å²) in [6.45, 7) is 2.54. The Balaban J connectivity index is 1.71. The summed E-state index contributed by atoms with van der Waals surface area (Å²) >= 11 is 0. The van der Waals surface area contributed by atoms with Crippen LogP contribution in [0, 0.1) is 12.7 Å². The minimum absolute atomic E-state index is 0.259. The fourth-order valence-corrected chi connectivity index (χ4v) is 3.03. The van der Waals surface area contributed by atoms with E-state index in [1.165, 1.54) is 22.8 Å². The molecular formula is C18H20FNO. The predicted molar refractivity (Wildman–Crippen MR) is 81.4 cm³/mol. The molecule has 1 unspecified atom stereocenters. The summed E-state index contributed by atoms with van der Waals surface area (Å²) in [5.41, 5.74) is 5.46. The van der Waals surface area contributed by atoms with Crippen LogP contribution in [0.3, 0.4) is 0 Å². The number of benzene rings is 2. The average Bonchev–Trinajstić information content (AvgIpc) is 2.88. The molecule has 1 atom stereocenters. The molecule has 3 rings (SSSR count). The van der Waals surface area contributed by atoms with Gasteiger partial charge in [0.2, 0.25) is 0 Å². The number of rotatable bonds is 4. The second kappa shape index (κ2) is 5.96. The summed E-state index contributed by atoms with van der Waals surface area (Å²) in [6.07, 6.45) is 2.21. The van der Waals surface area contributed by atoms with Gasteiger partial charge < -0.3 is 10.4 Å². The minimum atomic E-state index is -0.344. The third kappa shape index (κ3) is 2.99. The molecule has 2 N–H and O–H groups in total. The number of aryl methyl sites for hydroxylation is 2. The smallest absolute Gasteiger partial charge is 0.128 e. The number of fused-ring (bicyclic) bond motifs is 1. The first-order chi connectivity index (χ1) is 10.2. The lowest BCUT2D eigenvalue weighted by molar-refractivity contribution is 0.275. The van der Waals surface area contributed by atoms with Crippen LogP contribution in [0.25, 0.3) is 0 Å². The Morgan fingerprint density at radius 1 is 1.24 bits per heavy atom. The van der Waals surface area contributed by atoms with Gasteiger partial charge in [0.25, 0.3) is 0 Å². The Kier molecular flexibility index (Phi) is 4.04. The van der Waals surface area contributed by atoms with E-state index in [9.17, 15) is 4.39 Å². The zero-order chi connectivity index (χ0) is 14.8. The molecule has 2 aromatic carbocycles. The lowest BCUT2D eigenvalue weighted by Gasteiger charge is -2.15. The van der Waals surface area contributed by atoms with Gasteiger partial charge in [0.1, 0.15) is 5.82 Å². The summed E-state index contributed by atoms with van der Waals surface area (Å²) in [7, 11) is 0. The van der Waals surface area contributed by atoms with Gasteiger partial charge in [-0.05, 0) is 48.6 Å². The van der Waals surface area contributed by atoms with E-state index in [0.29, 0.717) is 18.2 Å². The largest absolute Gasteiger partial charge is 0.392 e. The van der Waals surface area contributed by atoms with Gasteiger partial charge in [-0.3, -0.25) is 0 Å². The van der Waals surface area contributed by atoms with Gasteiger partial charge in [-0.25, -0.2) is 4.39 Å². The third-order valence-corrected chi connectivity index (χ3v) is 4.21. The molecule has 0 saturated carbocycles. The van der Waals surface area contributed by atoms with Crippen LogP contribution in [0.1, 0.15) is 40.3 Å². The van der Waals surface area contributed by atoms with Crippen molar-refractivity contribution in [2.45, 2.75) is 39.0 Å². The standard InChI is InChI=1S/C18H20FNO/c1-12-2-4-14-5-7-18(16(14)8-12)20-10-13-3-6-17(19)15(9-13)11-21/h2-4,6,8-9,18,20-21H,5,7,10-11H2,1H3. The molecule has 21 heavy (non-hydrogen) atoms. The van der Waals surface area contributed by atoms with Gasteiger partial charge in [0.05, 0.1) is 6.61 Å². The van der Waals surface area contributed by atoms with Crippen molar-refractivity contribution in [2.75, 3.05) is 0 Å². The van der Waals surface area contributed by atoms with Crippen molar-refractivity contribution in [3.05, 3.63) is 70.0 Å². The molecule has 0 heterocycles. The molecule has 110 valence electrons. The maximum atomic E-state index is 13.4. The van der Waals surface area contributed by atoms with Crippen molar-refractivity contribution in [1.29, 1.82) is 0 Å². The molecule has 0 amide bonds. The lowest BCUT2D eigenvalue weighted by Crippen LogP contribution is -2.19. The molecule has 2 aromatic rings. The van der Waals surface area contributed by atoms with E-state index in [1.54, 1.807) is 12.1 Å². The average molecular weight is 285 g/mol. The van der Waals surface area contributed by atoms with Crippen LogP contribution in [-0.2, 0) is 19.6 Å². The summed E-state index contributed by atoms with van der Waals surface area (Å²) in [5.74, 6) is -0.344. The Morgan fingerprint density at radius 2 is 2.10 bits per heavy atom. The molecule has 1 aliphatic carbocycles. The fourth-order valence-electron chi connectivity index (χ4n) is 3.03. The maximum Gasteiger partial charge on any atom is 0.128 e. The topological polar surface area (TPSA) is 32.3 Å². The highest BCUT2D eigenvalue weighted by atomic mass is 19.1. The Bertz CT molecular complexity index is 654. The predicted octanol–water partition coefficient (Wildman–Crippen LogP) is 3.40. The van der Waals surface area contributed by atoms with Crippen LogP contribution in [0.2, 0.25) is 0 Å². The molecule has 0 saturated heterocycles. The van der Waals surface area contributed by atoms with Crippen molar-refractivity contribution in [3.8, 4) is 0 Å². The summed E-state index contributed by atoms with van der Waals surface area (Å²) in [6, 6.07) is 11.9. The molecule has 0 bridgehead atoms. The highest BCUT2D eigenvalue weighted by molar-refractivity contribution is 5.37. The lowest BCUT2D eigenvalue weighted by atomic mass is 10.0. The van der Waals surface area contributed by atoms with E-state index in [2.05, 4.69) is 30.4 Å². The number of halogens is 1. The van der Waals surface area contributed by atoms with Crippen LogP contribution in [0.4, 0.5) is 4.39 Å². The monoisotopic (exact) mass is 285 g/mol. The van der Waals surface area contributed by atoms with E-state index in [4.69, 9.17) is 5.11 Å². The molecule has 2 nitrogen and oxygen atoms in total. The van der Waals surface area contributed by atoms with Crippen molar-refractivity contribution in [3.63, 3.8) is 0 Å². The van der Waals surface area contributed by atoms with Crippen LogP contribution >= 0.6 is 0 Å². The Labute approximate surface area is 124 Å². The third-order valence-electron chi connectivity index (χ3n) is 4.21. The van der Waals surface area contributed by atoms with Crippen LogP contribution in [0.5, 0.6) is 0 Å². The second-order valence-corrected chi connectivity index (χ2v) is 5.76. The zero-order valence-corrected chi connectivity index (χ0v) is 12.2. The van der Waals surface area contributed by atoms with Gasteiger partial charge in [0.15, 0.2) is 0 Å². The molecule has 0 fully saturated rings. The second-order valence-electron chi connectivity index (χ2n) is 5.76. The molecule has 0 aromatic heterocycles. The van der Waals surface area contributed by atoms with Crippen molar-refractivity contribution in [1.82, 2.24) is 5.32 Å². The number of hydrogen-bond acceptors (Lipinski definition) is 2. The highest BCUT2D eigenvalue weighted by Crippen LogP contribution is 2.32. The SMILES string of the molecule is Cc1ccc2c(c1)C(NCc1ccc(F)c(CO)c1)CC2. The molecule has 0 aliphatic heterocycles. The normalized spacial score (nSPS) is 17.0. The minimum Gasteiger partial charge on any atom is -0.392 e. The van der Waals surface area contributed by atoms with Gasteiger partial charge in [-0.1, -0.05) is 29.8 Å². The van der Waals surface area contributed by atoms with E-state index in [1.807, 2.05) is 0 Å². The summed E-state index contributed by atoms with van der Waals surface area (Å²) < 4.78 is 13.4. The number of hydrogen-bond donors (Lipinski definition) is 2. The van der Waals surface area contributed by atoms with Crippen molar-refractivity contribution in [2.24, 2.45) is 0 Å².